The highest BCUT2D eigenvalue weighted by molar-refractivity contribution is 5.81. The van der Waals surface area contributed by atoms with Gasteiger partial charge in [0.2, 0.25) is 0 Å². The van der Waals surface area contributed by atoms with Gasteiger partial charge in [0.25, 0.3) is 0 Å². The molecule has 1 aliphatic heterocycles. The molecule has 0 saturated carbocycles. The highest BCUT2D eigenvalue weighted by Gasteiger charge is 2.21. The van der Waals surface area contributed by atoms with E-state index in [1.807, 2.05) is 30.3 Å². The first-order chi connectivity index (χ1) is 18.6. The number of pyridine rings is 1. The number of anilines is 2. The maximum atomic E-state index is 12.1. The average molecular weight is 519 g/mol. The first-order valence-corrected chi connectivity index (χ1v) is 13.4. The summed E-state index contributed by atoms with van der Waals surface area (Å²) in [5, 5.41) is 16.5. The molecular formula is C29H38N6O3. The summed E-state index contributed by atoms with van der Waals surface area (Å²) in [6.45, 7) is 3.87. The lowest BCUT2D eigenvalue weighted by Gasteiger charge is -2.24. The smallest absolute Gasteiger partial charge is 0.326 e. The van der Waals surface area contributed by atoms with Gasteiger partial charge < -0.3 is 25.4 Å². The second-order valence-electron chi connectivity index (χ2n) is 9.61. The van der Waals surface area contributed by atoms with Crippen LogP contribution in [0.4, 0.5) is 11.6 Å². The number of aryl methyl sites for hydroxylation is 2. The minimum atomic E-state index is -0.901. The molecule has 0 spiro atoms. The lowest BCUT2D eigenvalue weighted by Crippen LogP contribution is -2.37. The molecule has 1 atom stereocenters. The average Bonchev–Trinajstić information content (AvgIpc) is 2.96. The van der Waals surface area contributed by atoms with Crippen LogP contribution in [0.2, 0.25) is 0 Å². The molecule has 202 valence electrons. The number of fused-ring (bicyclic) bond motifs is 1. The molecule has 0 aliphatic carbocycles. The molecule has 0 amide bonds. The summed E-state index contributed by atoms with van der Waals surface area (Å²) < 4.78 is 5.31. The molecule has 3 aromatic rings. The fourth-order valence-electron chi connectivity index (χ4n) is 4.71. The molecular weight excluding hydrogens is 480 g/mol. The number of aliphatic carboxylic acids is 1. The lowest BCUT2D eigenvalue weighted by molar-refractivity contribution is -0.138. The first kappa shape index (κ1) is 27.5. The summed E-state index contributed by atoms with van der Waals surface area (Å²) in [6.07, 6.45) is 8.81. The lowest BCUT2D eigenvalue weighted by atomic mass is 10.1. The van der Waals surface area contributed by atoms with E-state index in [9.17, 15) is 9.90 Å². The zero-order valence-electron chi connectivity index (χ0n) is 22.1. The summed E-state index contributed by atoms with van der Waals surface area (Å²) in [4.78, 5) is 27.7. The number of carboxylic acid groups (broad SMARTS) is 1. The SMILES string of the molecule is COCCN(CCCCc1ccc2c(n1)NCCC2)CCC(Nc1ncncc1-c1ccccc1)C(=O)O. The van der Waals surface area contributed by atoms with Crippen LogP contribution in [0.1, 0.15) is 36.9 Å². The standard InChI is InChI=1S/C29H38N6O3/c1-38-19-18-35(16-6-5-11-24-13-12-23-10-7-15-31-27(23)33-24)17-14-26(29(36)37)34-28-25(20-30-21-32-28)22-8-3-2-4-9-22/h2-4,8-9,12-13,20-21,26H,5-7,10-11,14-19H2,1H3,(H,31,33)(H,36,37)(H,30,32,34). The molecule has 0 fully saturated rings. The second kappa shape index (κ2) is 14.4. The van der Waals surface area contributed by atoms with Crippen molar-refractivity contribution in [3.63, 3.8) is 0 Å². The van der Waals surface area contributed by atoms with Crippen molar-refractivity contribution < 1.29 is 14.6 Å². The van der Waals surface area contributed by atoms with Crippen LogP contribution in [0.3, 0.4) is 0 Å². The van der Waals surface area contributed by atoms with Crippen LogP contribution in [0.5, 0.6) is 0 Å². The van der Waals surface area contributed by atoms with Crippen molar-refractivity contribution in [1.29, 1.82) is 0 Å². The van der Waals surface area contributed by atoms with Gasteiger partial charge in [0.15, 0.2) is 0 Å². The zero-order chi connectivity index (χ0) is 26.6. The Hall–Kier alpha value is -3.56. The van der Waals surface area contributed by atoms with E-state index in [2.05, 4.69) is 37.6 Å². The Morgan fingerprint density at radius 1 is 1.16 bits per heavy atom. The van der Waals surface area contributed by atoms with Gasteiger partial charge in [-0.1, -0.05) is 36.4 Å². The molecule has 3 heterocycles. The van der Waals surface area contributed by atoms with Gasteiger partial charge in [0, 0.05) is 44.2 Å². The Morgan fingerprint density at radius 2 is 2.03 bits per heavy atom. The van der Waals surface area contributed by atoms with Crippen molar-refractivity contribution in [2.75, 3.05) is 50.5 Å². The molecule has 9 heteroatoms. The van der Waals surface area contributed by atoms with E-state index in [1.54, 1.807) is 13.3 Å². The summed E-state index contributed by atoms with van der Waals surface area (Å²) in [6, 6.07) is 13.3. The van der Waals surface area contributed by atoms with Crippen LogP contribution in [-0.2, 0) is 22.4 Å². The zero-order valence-corrected chi connectivity index (χ0v) is 22.1. The van der Waals surface area contributed by atoms with Crippen molar-refractivity contribution in [2.45, 2.75) is 44.6 Å². The van der Waals surface area contributed by atoms with Crippen LogP contribution in [0, 0.1) is 0 Å². The van der Waals surface area contributed by atoms with Gasteiger partial charge in [-0.3, -0.25) is 0 Å². The summed E-state index contributed by atoms with van der Waals surface area (Å²) in [7, 11) is 1.69. The molecule has 0 bridgehead atoms. The maximum Gasteiger partial charge on any atom is 0.326 e. The summed E-state index contributed by atoms with van der Waals surface area (Å²) in [5.41, 5.74) is 4.15. The van der Waals surface area contributed by atoms with E-state index in [0.717, 1.165) is 74.4 Å². The normalized spacial score (nSPS) is 13.5. The van der Waals surface area contributed by atoms with Gasteiger partial charge >= 0.3 is 5.97 Å². The number of hydrogen-bond acceptors (Lipinski definition) is 8. The van der Waals surface area contributed by atoms with Gasteiger partial charge in [0.05, 0.1) is 6.61 Å². The fourth-order valence-corrected chi connectivity index (χ4v) is 4.71. The van der Waals surface area contributed by atoms with Crippen LogP contribution >= 0.6 is 0 Å². The monoisotopic (exact) mass is 518 g/mol. The van der Waals surface area contributed by atoms with Gasteiger partial charge in [-0.05, 0) is 62.3 Å². The molecule has 1 unspecified atom stereocenters. The van der Waals surface area contributed by atoms with Crippen molar-refractivity contribution in [1.82, 2.24) is 19.9 Å². The number of aromatic nitrogens is 3. The summed E-state index contributed by atoms with van der Waals surface area (Å²) in [5.74, 6) is 0.664. The molecule has 4 rings (SSSR count). The number of carbonyl (C=O) groups is 1. The van der Waals surface area contributed by atoms with Gasteiger partial charge in [-0.15, -0.1) is 0 Å². The third-order valence-corrected chi connectivity index (χ3v) is 6.86. The van der Waals surface area contributed by atoms with Gasteiger partial charge in [-0.25, -0.2) is 19.7 Å². The number of ether oxygens (including phenoxy) is 1. The third kappa shape index (κ3) is 7.97. The molecule has 1 aromatic carbocycles. The predicted octanol–water partition coefficient (Wildman–Crippen LogP) is 4.12. The van der Waals surface area contributed by atoms with E-state index >= 15 is 0 Å². The molecule has 0 radical (unpaired) electrons. The quantitative estimate of drug-likeness (QED) is 0.256. The van der Waals surface area contributed by atoms with Crippen molar-refractivity contribution in [3.8, 4) is 11.1 Å². The van der Waals surface area contributed by atoms with E-state index in [1.165, 1.54) is 11.9 Å². The number of carboxylic acids is 1. The molecule has 0 saturated heterocycles. The second-order valence-corrected chi connectivity index (χ2v) is 9.61. The highest BCUT2D eigenvalue weighted by atomic mass is 16.5. The van der Waals surface area contributed by atoms with Crippen LogP contribution in [0.15, 0.2) is 55.0 Å². The van der Waals surface area contributed by atoms with Crippen molar-refractivity contribution in [2.24, 2.45) is 0 Å². The molecule has 1 aliphatic rings. The topological polar surface area (TPSA) is 113 Å². The largest absolute Gasteiger partial charge is 0.480 e. The van der Waals surface area contributed by atoms with Crippen LogP contribution in [0.25, 0.3) is 11.1 Å². The highest BCUT2D eigenvalue weighted by Crippen LogP contribution is 2.26. The van der Waals surface area contributed by atoms with Crippen LogP contribution < -0.4 is 10.6 Å². The number of benzene rings is 1. The maximum absolute atomic E-state index is 12.1. The molecule has 38 heavy (non-hydrogen) atoms. The van der Waals surface area contributed by atoms with Crippen molar-refractivity contribution >= 4 is 17.6 Å². The van der Waals surface area contributed by atoms with Gasteiger partial charge in [-0.2, -0.15) is 0 Å². The number of nitrogens with one attached hydrogen (secondary N) is 2. The Morgan fingerprint density at radius 3 is 2.84 bits per heavy atom. The van der Waals surface area contributed by atoms with E-state index in [-0.39, 0.29) is 0 Å². The fraction of sp³-hybridized carbons (Fsp3) is 0.448. The predicted molar refractivity (Wildman–Crippen MR) is 149 cm³/mol. The van der Waals surface area contributed by atoms with Crippen LogP contribution in [-0.4, -0.2) is 76.9 Å². The van der Waals surface area contributed by atoms with E-state index in [4.69, 9.17) is 9.72 Å². The Kier molecular flexibility index (Phi) is 10.4. The number of unbranched alkanes of at least 4 members (excludes halogenated alkanes) is 1. The first-order valence-electron chi connectivity index (χ1n) is 13.4. The number of nitrogens with zero attached hydrogens (tertiary/aromatic N) is 4. The van der Waals surface area contributed by atoms with E-state index in [0.29, 0.717) is 25.4 Å². The molecule has 3 N–H and O–H groups in total. The third-order valence-electron chi connectivity index (χ3n) is 6.86. The number of rotatable bonds is 15. The van der Waals surface area contributed by atoms with E-state index < -0.39 is 12.0 Å². The minimum absolute atomic E-state index is 0.440. The number of hydrogen-bond donors (Lipinski definition) is 3. The van der Waals surface area contributed by atoms with Crippen molar-refractivity contribution in [3.05, 3.63) is 66.2 Å². The Balaban J connectivity index is 1.30. The summed E-state index contributed by atoms with van der Waals surface area (Å²) >= 11 is 0. The Bertz CT molecular complexity index is 1160. The molecule has 2 aromatic heterocycles. The minimum Gasteiger partial charge on any atom is -0.480 e. The number of methoxy groups -OCH3 is 1. The molecule has 9 nitrogen and oxygen atoms in total. The Labute approximate surface area is 224 Å². The van der Waals surface area contributed by atoms with Gasteiger partial charge in [0.1, 0.15) is 24.0 Å².